The molecule has 3 aromatic rings. The number of nitrogens with zero attached hydrogens (tertiary/aromatic N) is 4. The fourth-order valence-electron chi connectivity index (χ4n) is 3.88. The van der Waals surface area contributed by atoms with Crippen LogP contribution >= 0.6 is 22.7 Å². The van der Waals surface area contributed by atoms with Gasteiger partial charge < -0.3 is 20.8 Å². The normalized spacial score (nSPS) is 19.7. The summed E-state index contributed by atoms with van der Waals surface area (Å²) in [5.74, 6) is 0.583. The van der Waals surface area contributed by atoms with Gasteiger partial charge in [-0.05, 0) is 30.4 Å². The maximum Gasteiger partial charge on any atom is 0.213 e. The van der Waals surface area contributed by atoms with Gasteiger partial charge in [-0.15, -0.1) is 20.4 Å². The zero-order valence-electron chi connectivity index (χ0n) is 16.8. The van der Waals surface area contributed by atoms with Gasteiger partial charge in [-0.2, -0.15) is 0 Å². The zero-order valence-corrected chi connectivity index (χ0v) is 18.4. The second-order valence-electron chi connectivity index (χ2n) is 7.56. The first-order valence-electron chi connectivity index (χ1n) is 10.1. The van der Waals surface area contributed by atoms with Crippen LogP contribution in [0.1, 0.15) is 58.7 Å². The highest BCUT2D eigenvalue weighted by Gasteiger charge is 2.29. The minimum Gasteiger partial charge on any atom is -0.392 e. The van der Waals surface area contributed by atoms with E-state index in [1.54, 1.807) is 0 Å². The largest absolute Gasteiger partial charge is 0.392 e. The molecule has 1 aromatic carbocycles. The Balaban J connectivity index is 1.35. The standard InChI is InChI=1S/C20H24N6O3S2/c27-10-13-4-1-3-12(7-13)8-16(29)22-20-26-24-18(31-20)15-6-2-5-14(9-15)17-23-25-19(30-17)21-11-28/h1,3-4,7,11,14-16,27,29H,2,5-6,8-10H2,(H,22,26)(H,21,25,28). The molecule has 0 aliphatic heterocycles. The van der Waals surface area contributed by atoms with Gasteiger partial charge in [0.1, 0.15) is 16.2 Å². The number of anilines is 2. The predicted molar refractivity (Wildman–Crippen MR) is 119 cm³/mol. The average molecular weight is 461 g/mol. The van der Waals surface area contributed by atoms with Crippen molar-refractivity contribution in [3.05, 3.63) is 45.4 Å². The molecule has 2 aromatic heterocycles. The summed E-state index contributed by atoms with van der Waals surface area (Å²) in [6.07, 6.45) is 4.29. The Kier molecular flexibility index (Phi) is 7.17. The van der Waals surface area contributed by atoms with Crippen molar-refractivity contribution in [2.75, 3.05) is 10.6 Å². The Hall–Kier alpha value is -2.47. The van der Waals surface area contributed by atoms with Crippen LogP contribution in [-0.4, -0.2) is 43.2 Å². The molecule has 4 rings (SSSR count). The summed E-state index contributed by atoms with van der Waals surface area (Å²) in [7, 11) is 0. The van der Waals surface area contributed by atoms with Crippen molar-refractivity contribution in [3.63, 3.8) is 0 Å². The van der Waals surface area contributed by atoms with Crippen LogP contribution in [-0.2, 0) is 17.8 Å². The van der Waals surface area contributed by atoms with Gasteiger partial charge >= 0.3 is 0 Å². The van der Waals surface area contributed by atoms with Gasteiger partial charge in [0.05, 0.1) is 6.61 Å². The first-order chi connectivity index (χ1) is 15.1. The van der Waals surface area contributed by atoms with Crippen LogP contribution in [0.5, 0.6) is 0 Å². The number of carbonyl (C=O) groups excluding carboxylic acids is 1. The second-order valence-corrected chi connectivity index (χ2v) is 9.57. The lowest BCUT2D eigenvalue weighted by atomic mass is 9.82. The Labute approximate surface area is 187 Å². The lowest BCUT2D eigenvalue weighted by Crippen LogP contribution is -2.21. The molecule has 1 aliphatic rings. The quantitative estimate of drug-likeness (QED) is 0.283. The number of hydrogen-bond acceptors (Lipinski definition) is 10. The second kappa shape index (κ2) is 10.2. The molecule has 3 unspecified atom stereocenters. The van der Waals surface area contributed by atoms with E-state index in [0.717, 1.165) is 46.8 Å². The van der Waals surface area contributed by atoms with E-state index in [4.69, 9.17) is 0 Å². The molecule has 164 valence electrons. The third-order valence-electron chi connectivity index (χ3n) is 5.33. The summed E-state index contributed by atoms with van der Waals surface area (Å²) in [4.78, 5) is 10.6. The number of aromatic nitrogens is 4. The van der Waals surface area contributed by atoms with Crippen LogP contribution in [0.15, 0.2) is 24.3 Å². The number of nitrogens with one attached hydrogen (secondary N) is 2. The Morgan fingerprint density at radius 1 is 1.06 bits per heavy atom. The number of carbonyl (C=O) groups is 1. The van der Waals surface area contributed by atoms with E-state index in [9.17, 15) is 15.0 Å². The number of rotatable bonds is 9. The molecule has 0 bridgehead atoms. The van der Waals surface area contributed by atoms with Crippen molar-refractivity contribution >= 4 is 39.3 Å². The van der Waals surface area contributed by atoms with Crippen molar-refractivity contribution in [1.29, 1.82) is 0 Å². The van der Waals surface area contributed by atoms with Gasteiger partial charge in [0.25, 0.3) is 0 Å². The van der Waals surface area contributed by atoms with E-state index < -0.39 is 6.23 Å². The third-order valence-corrected chi connectivity index (χ3v) is 7.36. The minimum atomic E-state index is -0.793. The summed E-state index contributed by atoms with van der Waals surface area (Å²) in [5, 5.41) is 45.1. The van der Waals surface area contributed by atoms with Crippen LogP contribution in [0.2, 0.25) is 0 Å². The van der Waals surface area contributed by atoms with Crippen LogP contribution in [0, 0.1) is 0 Å². The molecular weight excluding hydrogens is 436 g/mol. The number of benzene rings is 1. The monoisotopic (exact) mass is 460 g/mol. The molecule has 0 saturated heterocycles. The fraction of sp³-hybridized carbons (Fsp3) is 0.450. The molecule has 1 aliphatic carbocycles. The summed E-state index contributed by atoms with van der Waals surface area (Å²) >= 11 is 2.89. The Morgan fingerprint density at radius 3 is 2.45 bits per heavy atom. The summed E-state index contributed by atoms with van der Waals surface area (Å²) in [5.41, 5.74) is 1.76. The molecule has 1 saturated carbocycles. The van der Waals surface area contributed by atoms with E-state index in [-0.39, 0.29) is 12.5 Å². The van der Waals surface area contributed by atoms with Gasteiger partial charge in [-0.1, -0.05) is 53.4 Å². The first-order valence-corrected chi connectivity index (χ1v) is 11.8. The maximum atomic E-state index is 10.6. The van der Waals surface area contributed by atoms with Crippen LogP contribution in [0.25, 0.3) is 0 Å². The molecule has 9 nitrogen and oxygen atoms in total. The van der Waals surface area contributed by atoms with Gasteiger partial charge in [0.15, 0.2) is 0 Å². The fourth-order valence-corrected chi connectivity index (χ4v) is 5.66. The van der Waals surface area contributed by atoms with Crippen LogP contribution < -0.4 is 10.6 Å². The molecule has 3 atom stereocenters. The molecule has 31 heavy (non-hydrogen) atoms. The molecule has 1 fully saturated rings. The van der Waals surface area contributed by atoms with Crippen molar-refractivity contribution in [1.82, 2.24) is 20.4 Å². The number of aliphatic hydroxyl groups excluding tert-OH is 2. The first kappa shape index (κ1) is 21.8. The van der Waals surface area contributed by atoms with Crippen molar-refractivity contribution < 1.29 is 15.0 Å². The molecule has 0 radical (unpaired) electrons. The molecule has 4 N–H and O–H groups in total. The van der Waals surface area contributed by atoms with E-state index in [2.05, 4.69) is 31.0 Å². The topological polar surface area (TPSA) is 133 Å². The molecule has 11 heteroatoms. The Morgan fingerprint density at radius 2 is 1.74 bits per heavy atom. The molecular formula is C20H24N6O3S2. The summed E-state index contributed by atoms with van der Waals surface area (Å²) < 4.78 is 0. The van der Waals surface area contributed by atoms with Crippen molar-refractivity contribution in [2.45, 2.75) is 56.8 Å². The summed E-state index contributed by atoms with van der Waals surface area (Å²) in [6.45, 7) is -0.0223. The highest BCUT2D eigenvalue weighted by molar-refractivity contribution is 7.15. The van der Waals surface area contributed by atoms with E-state index in [1.165, 1.54) is 22.7 Å². The Bertz CT molecular complexity index is 1010. The smallest absolute Gasteiger partial charge is 0.213 e. The third kappa shape index (κ3) is 5.62. The number of amides is 1. The zero-order chi connectivity index (χ0) is 21.6. The highest BCUT2D eigenvalue weighted by Crippen LogP contribution is 2.43. The number of hydrogen-bond donors (Lipinski definition) is 4. The van der Waals surface area contributed by atoms with Crippen LogP contribution in [0.4, 0.5) is 10.3 Å². The average Bonchev–Trinajstić information content (AvgIpc) is 3.44. The van der Waals surface area contributed by atoms with E-state index in [0.29, 0.717) is 29.0 Å². The van der Waals surface area contributed by atoms with E-state index >= 15 is 0 Å². The maximum absolute atomic E-state index is 10.6. The lowest BCUT2D eigenvalue weighted by molar-refractivity contribution is -0.105. The molecule has 1 amide bonds. The SMILES string of the molecule is O=CNc1nnc(C2CCCC(c3nnc(NC(O)Cc4cccc(CO)c4)s3)C2)s1. The van der Waals surface area contributed by atoms with Gasteiger partial charge in [0, 0.05) is 18.3 Å². The van der Waals surface area contributed by atoms with Gasteiger partial charge in [0.2, 0.25) is 16.7 Å². The van der Waals surface area contributed by atoms with E-state index in [1.807, 2.05) is 24.3 Å². The minimum absolute atomic E-state index is 0.0223. The van der Waals surface area contributed by atoms with Gasteiger partial charge in [-0.3, -0.25) is 4.79 Å². The van der Waals surface area contributed by atoms with Crippen LogP contribution in [0.3, 0.4) is 0 Å². The molecule has 2 heterocycles. The number of aliphatic hydroxyl groups is 2. The highest BCUT2D eigenvalue weighted by atomic mass is 32.1. The van der Waals surface area contributed by atoms with Crippen molar-refractivity contribution in [3.8, 4) is 0 Å². The lowest BCUT2D eigenvalue weighted by Gasteiger charge is -2.25. The summed E-state index contributed by atoms with van der Waals surface area (Å²) in [6, 6.07) is 7.51. The van der Waals surface area contributed by atoms with Crippen molar-refractivity contribution in [2.24, 2.45) is 0 Å². The molecule has 0 spiro atoms. The predicted octanol–water partition coefficient (Wildman–Crippen LogP) is 2.86. The van der Waals surface area contributed by atoms with Gasteiger partial charge in [-0.25, -0.2) is 0 Å².